The lowest BCUT2D eigenvalue weighted by Crippen LogP contribution is -2.69. The van der Waals surface area contributed by atoms with E-state index >= 15 is 0 Å². The van der Waals surface area contributed by atoms with Crippen LogP contribution in [-0.2, 0) is 14.2 Å². The number of fused-ring (bicyclic) bond motifs is 1. The largest absolute Gasteiger partial charge is 0.507 e. The zero-order valence-corrected chi connectivity index (χ0v) is 27.9. The first-order valence-corrected chi connectivity index (χ1v) is 18.5. The maximum atomic E-state index is 12.4. The minimum Gasteiger partial charge on any atom is -0.507 e. The summed E-state index contributed by atoms with van der Waals surface area (Å²) in [5, 5.41) is 65.6. The molecule has 6 rings (SSSR count). The molecule has 1 aliphatic carbocycles. The fourth-order valence-electron chi connectivity index (χ4n) is 8.35. The number of Topliss-reactive ketones (excluding diaryl/α,β-unsaturated/α-hetero) is 1. The molecule has 1 saturated carbocycles. The Morgan fingerprint density at radius 2 is 1.79 bits per heavy atom. The molecular weight excluding hydrogens is 652 g/mol. The number of benzene rings is 2. The summed E-state index contributed by atoms with van der Waals surface area (Å²) in [6.07, 6.45) is -1.87. The van der Waals surface area contributed by atoms with E-state index in [-0.39, 0.29) is 39.2 Å². The summed E-state index contributed by atoms with van der Waals surface area (Å²) in [5.41, 5.74) is -1.92. The molecule has 9 atom stereocenters. The Labute approximate surface area is 280 Å². The molecule has 0 unspecified atom stereocenters. The number of carboxylic acid groups (broad SMARTS) is 1. The predicted octanol–water partition coefficient (Wildman–Crippen LogP) is 3.85. The zero-order chi connectivity index (χ0) is 33.6. The second-order valence-corrected chi connectivity index (χ2v) is 15.6. The standard InChI is InChI=1S/C33H42O12S2/c1-15-24(16(2)35)28(37)26-21(27(15)36)8-19(31(40)41)9-22(26)44-32-29(38)30(39)33(23(10-34)45-32)7-6-17-4-3-5-18-11-42-12-20(25(17)18)13-46-47-14-43-33/h8-9,17-18,20,23,25,29-30,32,34,36-39H,3-7,10-14H2,1-2H3,(H,40,41)/t17-,18+,20-,23+,25-,29+,30+,32-,33-/m0/s1. The van der Waals surface area contributed by atoms with Gasteiger partial charge in [0, 0.05) is 23.3 Å². The molecular formula is C33H42O12S2. The maximum Gasteiger partial charge on any atom is 0.335 e. The van der Waals surface area contributed by atoms with Crippen LogP contribution in [0.4, 0.5) is 0 Å². The van der Waals surface area contributed by atoms with Gasteiger partial charge in [-0.05, 0) is 68.9 Å². The Kier molecular flexibility index (Phi) is 10.2. The number of aromatic carboxylic acids is 1. The lowest BCUT2D eigenvalue weighted by atomic mass is 9.63. The Morgan fingerprint density at radius 1 is 1.04 bits per heavy atom. The second-order valence-electron chi connectivity index (χ2n) is 13.2. The van der Waals surface area contributed by atoms with Crippen LogP contribution >= 0.6 is 21.6 Å². The van der Waals surface area contributed by atoms with Gasteiger partial charge < -0.3 is 49.6 Å². The monoisotopic (exact) mass is 694 g/mol. The van der Waals surface area contributed by atoms with E-state index in [2.05, 4.69) is 0 Å². The van der Waals surface area contributed by atoms with Crippen LogP contribution < -0.4 is 4.74 Å². The van der Waals surface area contributed by atoms with Crippen molar-refractivity contribution in [2.24, 2.45) is 23.7 Å². The molecule has 12 nitrogen and oxygen atoms in total. The summed E-state index contributed by atoms with van der Waals surface area (Å²) in [6.45, 7) is 3.52. The van der Waals surface area contributed by atoms with Crippen LogP contribution in [0.15, 0.2) is 12.1 Å². The molecule has 1 spiro atoms. The number of ketones is 1. The van der Waals surface area contributed by atoms with Crippen molar-refractivity contribution in [3.05, 3.63) is 28.8 Å². The van der Waals surface area contributed by atoms with Gasteiger partial charge in [0.15, 0.2) is 5.78 Å². The number of hydrogen-bond acceptors (Lipinski definition) is 13. The molecule has 2 aromatic carbocycles. The topological polar surface area (TPSA) is 192 Å². The molecule has 0 radical (unpaired) electrons. The molecule has 2 aromatic rings. The van der Waals surface area contributed by atoms with Crippen LogP contribution in [0.5, 0.6) is 17.2 Å². The van der Waals surface area contributed by atoms with Gasteiger partial charge in [-0.2, -0.15) is 0 Å². The molecule has 4 fully saturated rings. The third-order valence-electron chi connectivity index (χ3n) is 10.6. The van der Waals surface area contributed by atoms with Gasteiger partial charge in [0.25, 0.3) is 0 Å². The van der Waals surface area contributed by atoms with E-state index in [9.17, 15) is 40.2 Å². The number of ether oxygens (including phenoxy) is 4. The van der Waals surface area contributed by atoms with Crippen molar-refractivity contribution < 1.29 is 59.2 Å². The van der Waals surface area contributed by atoms with Gasteiger partial charge in [-0.3, -0.25) is 4.79 Å². The quantitative estimate of drug-likeness (QED) is 0.150. The number of carbonyl (C=O) groups excluding carboxylic acids is 1. The summed E-state index contributed by atoms with van der Waals surface area (Å²) in [5.74, 6) is -0.410. The Balaban J connectivity index is 1.34. The Morgan fingerprint density at radius 3 is 2.51 bits per heavy atom. The summed E-state index contributed by atoms with van der Waals surface area (Å²) in [4.78, 5) is 24.4. The van der Waals surface area contributed by atoms with Gasteiger partial charge >= 0.3 is 5.97 Å². The first kappa shape index (κ1) is 34.6. The van der Waals surface area contributed by atoms with Crippen molar-refractivity contribution >= 4 is 44.1 Å². The predicted molar refractivity (Wildman–Crippen MR) is 174 cm³/mol. The van der Waals surface area contributed by atoms with Crippen molar-refractivity contribution in [1.29, 1.82) is 0 Å². The highest BCUT2D eigenvalue weighted by atomic mass is 33.1. The average Bonchev–Trinajstić information content (AvgIpc) is 3.08. The second kappa shape index (κ2) is 13.9. The van der Waals surface area contributed by atoms with Gasteiger partial charge in [0.05, 0.1) is 29.7 Å². The molecule has 0 aromatic heterocycles. The van der Waals surface area contributed by atoms with Crippen LogP contribution in [-0.4, -0.2) is 104 Å². The van der Waals surface area contributed by atoms with E-state index in [1.54, 1.807) is 10.8 Å². The van der Waals surface area contributed by atoms with E-state index in [1.807, 2.05) is 0 Å². The summed E-state index contributed by atoms with van der Waals surface area (Å²) >= 11 is 0. The molecule has 3 saturated heterocycles. The first-order chi connectivity index (χ1) is 22.5. The fraction of sp³-hybridized carbons (Fsp3) is 0.636. The van der Waals surface area contributed by atoms with Gasteiger partial charge in [-0.1, -0.05) is 34.4 Å². The Bertz CT molecular complexity index is 1510. The molecule has 0 bridgehead atoms. The van der Waals surface area contributed by atoms with Gasteiger partial charge in [0.2, 0.25) is 6.29 Å². The number of aliphatic hydroxyl groups excluding tert-OH is 3. The molecule has 3 aliphatic heterocycles. The number of hydrogen-bond donors (Lipinski definition) is 6. The number of carboxylic acids is 1. The lowest BCUT2D eigenvalue weighted by Gasteiger charge is -2.51. The van der Waals surface area contributed by atoms with E-state index in [4.69, 9.17) is 18.9 Å². The number of phenolic OH excluding ortho intramolecular Hbond substituents is 2. The smallest absolute Gasteiger partial charge is 0.335 e. The number of carbonyl (C=O) groups is 2. The summed E-state index contributed by atoms with van der Waals surface area (Å²) < 4.78 is 24.5. The molecule has 0 amide bonds. The number of rotatable bonds is 5. The fourth-order valence-corrected chi connectivity index (χ4v) is 10.4. The summed E-state index contributed by atoms with van der Waals surface area (Å²) in [6, 6.07) is 2.21. The average molecular weight is 695 g/mol. The SMILES string of the molecule is CC(=O)c1c(C)c(O)c2cc(C(=O)O)cc(O[C@H]3O[C@H](CO)[C@@]4(CC[C@@H]5CCC[C@@H]6COC[C@@H](CSSCO4)[C@@H]56)[C@H](O)[C@H]3O)c2c1O. The molecule has 3 heterocycles. The highest BCUT2D eigenvalue weighted by Crippen LogP contribution is 2.50. The summed E-state index contributed by atoms with van der Waals surface area (Å²) in [7, 11) is 3.17. The van der Waals surface area contributed by atoms with Crippen molar-refractivity contribution in [2.45, 2.75) is 76.2 Å². The number of aromatic hydroxyl groups is 2. The van der Waals surface area contributed by atoms with Crippen LogP contribution in [0, 0.1) is 30.6 Å². The third kappa shape index (κ3) is 6.20. The maximum absolute atomic E-state index is 12.4. The third-order valence-corrected chi connectivity index (χ3v) is 12.8. The van der Waals surface area contributed by atoms with Crippen molar-refractivity contribution in [3.8, 4) is 17.2 Å². The minimum atomic E-state index is -1.73. The van der Waals surface area contributed by atoms with Crippen molar-refractivity contribution in [1.82, 2.24) is 0 Å². The molecule has 14 heteroatoms. The lowest BCUT2D eigenvalue weighted by molar-refractivity contribution is -0.322. The van der Waals surface area contributed by atoms with Crippen LogP contribution in [0.2, 0.25) is 0 Å². The van der Waals surface area contributed by atoms with Crippen molar-refractivity contribution in [2.75, 3.05) is 31.5 Å². The molecule has 4 aliphatic rings. The van der Waals surface area contributed by atoms with Gasteiger partial charge in [0.1, 0.15) is 47.1 Å². The van der Waals surface area contributed by atoms with E-state index in [0.29, 0.717) is 36.5 Å². The van der Waals surface area contributed by atoms with Crippen LogP contribution in [0.25, 0.3) is 10.8 Å². The first-order valence-electron chi connectivity index (χ1n) is 16.0. The van der Waals surface area contributed by atoms with Gasteiger partial charge in [-0.15, -0.1) is 0 Å². The molecule has 47 heavy (non-hydrogen) atoms. The molecule has 6 N–H and O–H groups in total. The van der Waals surface area contributed by atoms with E-state index in [1.165, 1.54) is 24.6 Å². The molecule has 258 valence electrons. The highest BCUT2D eigenvalue weighted by Gasteiger charge is 2.58. The number of phenols is 2. The Hall–Kier alpha value is -2.30. The van der Waals surface area contributed by atoms with E-state index < -0.39 is 60.1 Å². The zero-order valence-electron chi connectivity index (χ0n) is 26.3. The van der Waals surface area contributed by atoms with E-state index in [0.717, 1.165) is 50.4 Å². The minimum absolute atomic E-state index is 0.0546. The van der Waals surface area contributed by atoms with Crippen LogP contribution in [0.1, 0.15) is 65.3 Å². The van der Waals surface area contributed by atoms with Gasteiger partial charge in [-0.25, -0.2) is 4.79 Å². The van der Waals surface area contributed by atoms with Crippen molar-refractivity contribution in [3.63, 3.8) is 0 Å². The van der Waals surface area contributed by atoms with Crippen LogP contribution in [0.3, 0.4) is 0 Å². The number of aliphatic hydroxyl groups is 3. The normalized spacial score (nSPS) is 34.7. The highest BCUT2D eigenvalue weighted by molar-refractivity contribution is 8.76.